The van der Waals surface area contributed by atoms with E-state index >= 15 is 0 Å². The summed E-state index contributed by atoms with van der Waals surface area (Å²) in [6, 6.07) is 7.43. The summed E-state index contributed by atoms with van der Waals surface area (Å²) in [4.78, 5) is 12.4. The predicted octanol–water partition coefficient (Wildman–Crippen LogP) is 1.98. The summed E-state index contributed by atoms with van der Waals surface area (Å²) in [6.07, 6.45) is 2.26. The van der Waals surface area contributed by atoms with Gasteiger partial charge >= 0.3 is 0 Å². The second-order valence-corrected chi connectivity index (χ2v) is 6.09. The predicted molar refractivity (Wildman–Crippen MR) is 85.0 cm³/mol. The zero-order chi connectivity index (χ0) is 15.6. The van der Waals surface area contributed by atoms with Crippen LogP contribution in [0.1, 0.15) is 35.4 Å². The highest BCUT2D eigenvalue weighted by atomic mass is 16.3. The van der Waals surface area contributed by atoms with Crippen LogP contribution in [0.3, 0.4) is 0 Å². The molecule has 0 radical (unpaired) electrons. The van der Waals surface area contributed by atoms with E-state index in [4.69, 9.17) is 4.42 Å². The Morgan fingerprint density at radius 2 is 2.27 bits per heavy atom. The van der Waals surface area contributed by atoms with Crippen molar-refractivity contribution in [1.29, 1.82) is 0 Å². The van der Waals surface area contributed by atoms with E-state index in [9.17, 15) is 9.90 Å². The third-order valence-electron chi connectivity index (χ3n) is 4.25. The molecule has 1 amide bonds. The van der Waals surface area contributed by atoms with Crippen LogP contribution in [0.25, 0.3) is 11.0 Å². The van der Waals surface area contributed by atoms with Gasteiger partial charge in [-0.25, -0.2) is 0 Å². The summed E-state index contributed by atoms with van der Waals surface area (Å²) in [5, 5.41) is 17.6. The summed E-state index contributed by atoms with van der Waals surface area (Å²) in [5.74, 6) is 0.578. The van der Waals surface area contributed by atoms with Gasteiger partial charge in [0, 0.05) is 11.9 Å². The van der Waals surface area contributed by atoms with Crippen molar-refractivity contribution in [2.45, 2.75) is 31.8 Å². The van der Waals surface area contributed by atoms with Crippen molar-refractivity contribution in [3.63, 3.8) is 0 Å². The fourth-order valence-electron chi connectivity index (χ4n) is 3.00. The fraction of sp³-hybridized carbons (Fsp3) is 0.471. The Morgan fingerprint density at radius 1 is 1.41 bits per heavy atom. The molecule has 5 heteroatoms. The normalized spacial score (nSPS) is 22.5. The molecule has 1 aromatic carbocycles. The van der Waals surface area contributed by atoms with Crippen LogP contribution in [-0.2, 0) is 0 Å². The lowest BCUT2D eigenvalue weighted by Gasteiger charge is -2.26. The van der Waals surface area contributed by atoms with Crippen LogP contribution in [0.4, 0.5) is 0 Å². The van der Waals surface area contributed by atoms with Gasteiger partial charge in [0.2, 0.25) is 0 Å². The van der Waals surface area contributed by atoms with Gasteiger partial charge in [-0.15, -0.1) is 0 Å². The Morgan fingerprint density at radius 3 is 3.14 bits per heavy atom. The molecular weight excluding hydrogens is 280 g/mol. The maximum absolute atomic E-state index is 12.4. The Kier molecular flexibility index (Phi) is 4.18. The Balaban J connectivity index is 1.73. The number of carbonyl (C=O) groups excluding carboxylic acids is 1. The van der Waals surface area contributed by atoms with Gasteiger partial charge in [-0.3, -0.25) is 4.79 Å². The van der Waals surface area contributed by atoms with Crippen molar-refractivity contribution >= 4 is 16.9 Å². The van der Waals surface area contributed by atoms with E-state index in [1.165, 1.54) is 0 Å². The Labute approximate surface area is 129 Å². The molecule has 118 valence electrons. The molecule has 0 bridgehead atoms. The summed E-state index contributed by atoms with van der Waals surface area (Å²) in [5.41, 5.74) is 0.291. The average Bonchev–Trinajstić information content (AvgIpc) is 2.74. The largest absolute Gasteiger partial charge is 0.461 e. The van der Waals surface area contributed by atoms with Gasteiger partial charge in [0.25, 0.3) is 5.91 Å². The highest BCUT2D eigenvalue weighted by molar-refractivity contribution is 6.05. The molecule has 1 unspecified atom stereocenters. The van der Waals surface area contributed by atoms with Crippen molar-refractivity contribution in [2.75, 3.05) is 19.6 Å². The van der Waals surface area contributed by atoms with Crippen molar-refractivity contribution < 1.29 is 14.3 Å². The van der Waals surface area contributed by atoms with Gasteiger partial charge in [0.05, 0.1) is 11.2 Å². The third kappa shape index (κ3) is 3.15. The molecule has 0 spiro atoms. The first kappa shape index (κ1) is 15.1. The minimum Gasteiger partial charge on any atom is -0.461 e. The van der Waals surface area contributed by atoms with Gasteiger partial charge in [-0.2, -0.15) is 0 Å². The molecule has 0 saturated carbocycles. The highest BCUT2D eigenvalue weighted by Gasteiger charge is 2.28. The number of hydrogen-bond acceptors (Lipinski definition) is 4. The fourth-order valence-corrected chi connectivity index (χ4v) is 3.00. The molecule has 1 atom stereocenters. The number of hydrogen-bond donors (Lipinski definition) is 3. The average molecular weight is 302 g/mol. The molecule has 1 fully saturated rings. The van der Waals surface area contributed by atoms with Crippen LogP contribution in [0, 0.1) is 6.92 Å². The van der Waals surface area contributed by atoms with Crippen molar-refractivity contribution in [2.24, 2.45) is 0 Å². The zero-order valence-corrected chi connectivity index (χ0v) is 12.8. The molecule has 1 aromatic heterocycles. The zero-order valence-electron chi connectivity index (χ0n) is 12.8. The highest BCUT2D eigenvalue weighted by Crippen LogP contribution is 2.23. The Bertz CT molecular complexity index is 670. The number of benzene rings is 1. The minimum atomic E-state index is -0.827. The van der Waals surface area contributed by atoms with Gasteiger partial charge in [0.1, 0.15) is 11.3 Å². The van der Waals surface area contributed by atoms with Gasteiger partial charge in [0.15, 0.2) is 0 Å². The molecule has 3 N–H and O–H groups in total. The summed E-state index contributed by atoms with van der Waals surface area (Å²) in [6.45, 7) is 3.83. The smallest absolute Gasteiger partial charge is 0.255 e. The van der Waals surface area contributed by atoms with Crippen LogP contribution < -0.4 is 10.6 Å². The van der Waals surface area contributed by atoms with Crippen LogP contribution in [0.15, 0.2) is 28.7 Å². The molecule has 5 nitrogen and oxygen atoms in total. The summed E-state index contributed by atoms with van der Waals surface area (Å²) in [7, 11) is 0. The number of aryl methyl sites for hydroxylation is 1. The molecule has 22 heavy (non-hydrogen) atoms. The van der Waals surface area contributed by atoms with Gasteiger partial charge in [-0.05, 0) is 51.4 Å². The molecule has 2 aromatic rings. The lowest BCUT2D eigenvalue weighted by Crippen LogP contribution is -2.43. The lowest BCUT2D eigenvalue weighted by molar-refractivity contribution is 0.0276. The number of carbonyl (C=O) groups is 1. The third-order valence-corrected chi connectivity index (χ3v) is 4.25. The van der Waals surface area contributed by atoms with Crippen molar-refractivity contribution in [3.05, 3.63) is 35.6 Å². The second-order valence-electron chi connectivity index (χ2n) is 6.09. The van der Waals surface area contributed by atoms with E-state index < -0.39 is 5.60 Å². The number of para-hydroxylation sites is 1. The molecule has 1 aliphatic rings. The molecular formula is C17H22N2O3. The van der Waals surface area contributed by atoms with Gasteiger partial charge in [-0.1, -0.05) is 12.1 Å². The number of fused-ring (bicyclic) bond motifs is 1. The quantitative estimate of drug-likeness (QED) is 0.810. The number of amides is 1. The molecule has 1 saturated heterocycles. The number of rotatable bonds is 3. The van der Waals surface area contributed by atoms with Crippen LogP contribution in [0.2, 0.25) is 0 Å². The minimum absolute atomic E-state index is 0.203. The monoisotopic (exact) mass is 302 g/mol. The first-order valence-electron chi connectivity index (χ1n) is 7.78. The van der Waals surface area contributed by atoms with Crippen LogP contribution >= 0.6 is 0 Å². The summed E-state index contributed by atoms with van der Waals surface area (Å²) < 4.78 is 5.62. The summed E-state index contributed by atoms with van der Waals surface area (Å²) >= 11 is 0. The molecule has 0 aliphatic carbocycles. The molecule has 2 heterocycles. The number of nitrogens with one attached hydrogen (secondary N) is 2. The Hall–Kier alpha value is -1.85. The van der Waals surface area contributed by atoms with Crippen molar-refractivity contribution in [1.82, 2.24) is 10.6 Å². The lowest BCUT2D eigenvalue weighted by atomic mass is 9.95. The van der Waals surface area contributed by atoms with Crippen molar-refractivity contribution in [3.8, 4) is 0 Å². The maximum Gasteiger partial charge on any atom is 0.255 e. The number of aliphatic hydroxyl groups is 1. The molecule has 1 aliphatic heterocycles. The standard InChI is InChI=1S/C17H22N2O3/c1-12-10-13-4-2-5-14(15(13)22-12)16(20)19-11-17(21)6-3-8-18-9-7-17/h2,4-5,10,18,21H,3,6-9,11H2,1H3,(H,19,20). The van der Waals surface area contributed by atoms with E-state index in [-0.39, 0.29) is 12.5 Å². The molecule has 3 rings (SSSR count). The van der Waals surface area contributed by atoms with E-state index in [0.717, 1.165) is 30.7 Å². The van der Waals surface area contributed by atoms with E-state index in [0.29, 0.717) is 24.0 Å². The SMILES string of the molecule is Cc1cc2cccc(C(=O)NCC3(O)CCCNCC3)c2o1. The second kappa shape index (κ2) is 6.10. The van der Waals surface area contributed by atoms with E-state index in [2.05, 4.69) is 10.6 Å². The maximum atomic E-state index is 12.4. The first-order valence-corrected chi connectivity index (χ1v) is 7.78. The van der Waals surface area contributed by atoms with Crippen LogP contribution in [0.5, 0.6) is 0 Å². The topological polar surface area (TPSA) is 74.5 Å². The van der Waals surface area contributed by atoms with Crippen LogP contribution in [-0.4, -0.2) is 36.2 Å². The first-order chi connectivity index (χ1) is 10.6. The number of furan rings is 1. The van der Waals surface area contributed by atoms with Gasteiger partial charge < -0.3 is 20.2 Å². The van der Waals surface area contributed by atoms with E-state index in [1.807, 2.05) is 25.1 Å². The van der Waals surface area contributed by atoms with E-state index in [1.54, 1.807) is 6.07 Å².